The van der Waals surface area contributed by atoms with Crippen molar-refractivity contribution >= 4 is 33.2 Å². The molecule has 3 rings (SSSR count). The van der Waals surface area contributed by atoms with Crippen LogP contribution < -0.4 is 11.5 Å². The molecule has 3 aromatic rings. The van der Waals surface area contributed by atoms with E-state index in [-0.39, 0.29) is 0 Å². The number of aromatic nitrogens is 1. The third kappa shape index (κ3) is 1.30. The lowest BCUT2D eigenvalue weighted by molar-refractivity contribution is 0.996. The molecule has 0 saturated heterocycles. The molecule has 0 atom stereocenters. The Hall–Kier alpha value is -2.16. The van der Waals surface area contributed by atoms with E-state index in [0.717, 1.165) is 23.3 Å². The largest absolute Gasteiger partial charge is 0.399 e. The van der Waals surface area contributed by atoms with Crippen LogP contribution in [0.4, 0.5) is 11.4 Å². The minimum absolute atomic E-state index is 0.791. The summed E-state index contributed by atoms with van der Waals surface area (Å²) < 4.78 is 2.19. The highest BCUT2D eigenvalue weighted by Gasteiger charge is 2.12. The summed E-state index contributed by atoms with van der Waals surface area (Å²) in [5.41, 5.74) is 17.2. The number of benzene rings is 2. The average molecular weight is 239 g/mol. The molecule has 0 aliphatic rings. The number of rotatable bonds is 1. The second kappa shape index (κ2) is 3.67. The molecule has 0 radical (unpaired) electrons. The van der Waals surface area contributed by atoms with Crippen LogP contribution in [-0.2, 0) is 13.5 Å². The van der Waals surface area contributed by atoms with Gasteiger partial charge in [-0.15, -0.1) is 0 Å². The first-order chi connectivity index (χ1) is 8.63. The summed E-state index contributed by atoms with van der Waals surface area (Å²) in [6, 6.07) is 10.1. The average Bonchev–Trinajstić information content (AvgIpc) is 2.63. The number of nitrogens with two attached hydrogens (primary N) is 2. The molecule has 0 bridgehead atoms. The molecule has 3 nitrogen and oxygen atoms in total. The van der Waals surface area contributed by atoms with Gasteiger partial charge in [-0.1, -0.05) is 19.1 Å². The monoisotopic (exact) mass is 239 g/mol. The molecule has 4 N–H and O–H groups in total. The highest BCUT2D eigenvalue weighted by molar-refractivity contribution is 6.10. The van der Waals surface area contributed by atoms with Crippen molar-refractivity contribution in [2.45, 2.75) is 13.3 Å². The van der Waals surface area contributed by atoms with Gasteiger partial charge in [0.1, 0.15) is 0 Å². The highest BCUT2D eigenvalue weighted by atomic mass is 14.9. The predicted octanol–water partition coefficient (Wildman–Crippen LogP) is 3.06. The van der Waals surface area contributed by atoms with Crippen molar-refractivity contribution in [2.75, 3.05) is 11.5 Å². The maximum Gasteiger partial charge on any atom is 0.0541 e. The zero-order chi connectivity index (χ0) is 12.9. The van der Waals surface area contributed by atoms with Gasteiger partial charge in [0.2, 0.25) is 0 Å². The zero-order valence-electron chi connectivity index (χ0n) is 10.7. The first kappa shape index (κ1) is 11.0. The molecule has 18 heavy (non-hydrogen) atoms. The molecule has 1 heterocycles. The molecule has 0 aliphatic carbocycles. The van der Waals surface area contributed by atoms with Crippen molar-refractivity contribution in [3.8, 4) is 0 Å². The van der Waals surface area contributed by atoms with Gasteiger partial charge in [-0.25, -0.2) is 0 Å². The zero-order valence-corrected chi connectivity index (χ0v) is 10.7. The molecular weight excluding hydrogens is 222 g/mol. The van der Waals surface area contributed by atoms with E-state index in [9.17, 15) is 0 Å². The van der Waals surface area contributed by atoms with E-state index in [1.54, 1.807) is 0 Å². The van der Waals surface area contributed by atoms with Crippen LogP contribution in [0.3, 0.4) is 0 Å². The lowest BCUT2D eigenvalue weighted by Crippen LogP contribution is -1.97. The molecule has 92 valence electrons. The summed E-state index contributed by atoms with van der Waals surface area (Å²) in [6.07, 6.45) is 0.933. The fraction of sp³-hybridized carbons (Fsp3) is 0.200. The van der Waals surface area contributed by atoms with Crippen molar-refractivity contribution in [1.29, 1.82) is 0 Å². The van der Waals surface area contributed by atoms with Gasteiger partial charge in [-0.05, 0) is 30.2 Å². The van der Waals surface area contributed by atoms with Gasteiger partial charge in [-0.2, -0.15) is 0 Å². The normalized spacial score (nSPS) is 11.4. The van der Waals surface area contributed by atoms with Crippen LogP contribution in [0.2, 0.25) is 0 Å². The smallest absolute Gasteiger partial charge is 0.0541 e. The van der Waals surface area contributed by atoms with Crippen LogP contribution in [0, 0.1) is 0 Å². The third-order valence-electron chi connectivity index (χ3n) is 3.68. The van der Waals surface area contributed by atoms with Gasteiger partial charge in [0.15, 0.2) is 0 Å². The summed E-state index contributed by atoms with van der Waals surface area (Å²) in [5.74, 6) is 0. The first-order valence-electron chi connectivity index (χ1n) is 6.18. The summed E-state index contributed by atoms with van der Waals surface area (Å²) in [4.78, 5) is 0. The minimum atomic E-state index is 0.791. The minimum Gasteiger partial charge on any atom is -0.399 e. The summed E-state index contributed by atoms with van der Waals surface area (Å²) >= 11 is 0. The van der Waals surface area contributed by atoms with Crippen LogP contribution >= 0.6 is 0 Å². The van der Waals surface area contributed by atoms with E-state index in [2.05, 4.69) is 30.7 Å². The maximum absolute atomic E-state index is 6.08. The van der Waals surface area contributed by atoms with Crippen LogP contribution in [0.5, 0.6) is 0 Å². The van der Waals surface area contributed by atoms with Gasteiger partial charge >= 0.3 is 0 Å². The Morgan fingerprint density at radius 2 is 1.78 bits per heavy atom. The van der Waals surface area contributed by atoms with Crippen molar-refractivity contribution in [2.24, 2.45) is 7.05 Å². The molecule has 0 fully saturated rings. The number of fused-ring (bicyclic) bond motifs is 3. The molecular formula is C15H17N3. The second-order valence-corrected chi connectivity index (χ2v) is 4.72. The molecule has 0 aliphatic heterocycles. The number of anilines is 2. The van der Waals surface area contributed by atoms with Crippen LogP contribution in [0.25, 0.3) is 21.8 Å². The van der Waals surface area contributed by atoms with E-state index in [0.29, 0.717) is 0 Å². The van der Waals surface area contributed by atoms with Crippen LogP contribution in [-0.4, -0.2) is 4.57 Å². The quantitative estimate of drug-likeness (QED) is 0.641. The molecule has 0 unspecified atom stereocenters. The van der Waals surface area contributed by atoms with E-state index >= 15 is 0 Å². The molecule has 0 spiro atoms. The van der Waals surface area contributed by atoms with Crippen molar-refractivity contribution < 1.29 is 0 Å². The number of nitrogen functional groups attached to an aromatic ring is 2. The van der Waals surface area contributed by atoms with Gasteiger partial charge in [-0.3, -0.25) is 0 Å². The maximum atomic E-state index is 6.08. The van der Waals surface area contributed by atoms with Crippen LogP contribution in [0.15, 0.2) is 30.3 Å². The Kier molecular flexibility index (Phi) is 2.23. The van der Waals surface area contributed by atoms with Crippen LogP contribution in [0.1, 0.15) is 12.5 Å². The van der Waals surface area contributed by atoms with Crippen molar-refractivity contribution in [3.05, 3.63) is 35.9 Å². The molecule has 3 heteroatoms. The summed E-state index contributed by atoms with van der Waals surface area (Å²) in [5, 5.41) is 2.48. The van der Waals surface area contributed by atoms with E-state index in [1.165, 1.54) is 21.9 Å². The lowest BCUT2D eigenvalue weighted by Gasteiger charge is -2.07. The van der Waals surface area contributed by atoms with E-state index < -0.39 is 0 Å². The molecule has 1 aromatic heterocycles. The number of aryl methyl sites for hydroxylation is 2. The number of hydrogen-bond donors (Lipinski definition) is 2. The van der Waals surface area contributed by atoms with Gasteiger partial charge in [0.25, 0.3) is 0 Å². The summed E-state index contributed by atoms with van der Waals surface area (Å²) in [7, 11) is 2.07. The van der Waals surface area contributed by atoms with Gasteiger partial charge in [0, 0.05) is 29.2 Å². The number of nitrogens with zero attached hydrogens (tertiary/aromatic N) is 1. The van der Waals surface area contributed by atoms with E-state index in [1.807, 2.05) is 18.2 Å². The first-order valence-corrected chi connectivity index (χ1v) is 6.18. The topological polar surface area (TPSA) is 57.0 Å². The molecule has 0 amide bonds. The summed E-state index contributed by atoms with van der Waals surface area (Å²) in [6.45, 7) is 2.14. The predicted molar refractivity (Wildman–Crippen MR) is 78.6 cm³/mol. The molecule has 0 saturated carbocycles. The standard InChI is InChI=1S/C15H17N3/c1-3-10-13(17)7-6-12-11-5-4-9(16)8-14(11)18(2)15(10)12/h4-8H,3,16-17H2,1-2H3. The number of hydrogen-bond acceptors (Lipinski definition) is 2. The lowest BCUT2D eigenvalue weighted by atomic mass is 10.1. The highest BCUT2D eigenvalue weighted by Crippen LogP contribution is 2.33. The Balaban J connectivity index is 2.59. The van der Waals surface area contributed by atoms with Crippen molar-refractivity contribution in [3.63, 3.8) is 0 Å². The third-order valence-corrected chi connectivity index (χ3v) is 3.68. The Labute approximate surface area is 106 Å². The van der Waals surface area contributed by atoms with Gasteiger partial charge in [0.05, 0.1) is 11.0 Å². The van der Waals surface area contributed by atoms with E-state index in [4.69, 9.17) is 11.5 Å². The van der Waals surface area contributed by atoms with Gasteiger partial charge < -0.3 is 16.0 Å². The second-order valence-electron chi connectivity index (χ2n) is 4.72. The fourth-order valence-electron chi connectivity index (χ4n) is 2.80. The SMILES string of the molecule is CCc1c(N)ccc2c3ccc(N)cc3n(C)c12. The molecule has 2 aromatic carbocycles. The Bertz CT molecular complexity index is 753. The Morgan fingerprint density at radius 3 is 2.50 bits per heavy atom. The fourth-order valence-corrected chi connectivity index (χ4v) is 2.80. The van der Waals surface area contributed by atoms with Crippen molar-refractivity contribution in [1.82, 2.24) is 4.57 Å². The Morgan fingerprint density at radius 1 is 1.06 bits per heavy atom.